The molecule has 0 saturated heterocycles. The Morgan fingerprint density at radius 1 is 0.405 bits per heavy atom. The number of nitrogens with zero attached hydrogens (tertiary/aromatic N) is 4. The van der Waals surface area contributed by atoms with Gasteiger partial charge in [0.1, 0.15) is 0 Å². The minimum absolute atomic E-state index is 0.0189. The van der Waals surface area contributed by atoms with Crippen molar-refractivity contribution in [3.05, 3.63) is 210 Å². The zero-order valence-electron chi connectivity index (χ0n) is 50.8. The van der Waals surface area contributed by atoms with E-state index in [9.17, 15) is 0 Å². The van der Waals surface area contributed by atoms with Crippen molar-refractivity contribution in [3.63, 3.8) is 0 Å². The Hall–Kier alpha value is -7.54. The maximum absolute atomic E-state index is 2.83. The van der Waals surface area contributed by atoms with Crippen LogP contribution in [0.4, 0.5) is 56.9 Å². The minimum atomic E-state index is -0.167. The molecule has 10 aromatic rings. The Bertz CT molecular complexity index is 4370. The zero-order chi connectivity index (χ0) is 57.5. The van der Waals surface area contributed by atoms with Crippen LogP contribution in [0.2, 0.25) is 0 Å². The summed E-state index contributed by atoms with van der Waals surface area (Å²) in [4.78, 5) is 11.1. The molecule has 5 heterocycles. The highest BCUT2D eigenvalue weighted by atomic mass is 32.1. The average Bonchev–Trinajstić information content (AvgIpc) is 1.30. The second-order valence-electron chi connectivity index (χ2n) is 28.7. The fraction of sp³-hybridized carbons (Fsp3) is 0.308. The molecule has 0 N–H and O–H groups in total. The summed E-state index contributed by atoms with van der Waals surface area (Å²) in [5.41, 5.74) is 24.4. The molecular weight excluding hydrogens is 1040 g/mol. The van der Waals surface area contributed by atoms with E-state index in [1.165, 1.54) is 165 Å². The van der Waals surface area contributed by atoms with Gasteiger partial charge in [0.15, 0.2) is 0 Å². The largest absolute Gasteiger partial charge is 0.334 e. The Balaban J connectivity index is 1.06. The Morgan fingerprint density at radius 2 is 0.929 bits per heavy atom. The summed E-state index contributed by atoms with van der Waals surface area (Å²) in [5, 5.41) is 2.63. The van der Waals surface area contributed by atoms with E-state index >= 15 is 0 Å². The lowest BCUT2D eigenvalue weighted by Gasteiger charge is -2.51. The normalized spacial score (nSPS) is 23.0. The molecule has 9 aromatic carbocycles. The molecule has 0 spiro atoms. The van der Waals surface area contributed by atoms with E-state index in [0.717, 1.165) is 12.8 Å². The van der Waals surface area contributed by atoms with Gasteiger partial charge in [-0.15, -0.1) is 11.3 Å². The lowest BCUT2D eigenvalue weighted by Crippen LogP contribution is -2.62. The van der Waals surface area contributed by atoms with Crippen LogP contribution >= 0.6 is 11.3 Å². The minimum Gasteiger partial charge on any atom is -0.334 e. The van der Waals surface area contributed by atoms with Crippen molar-refractivity contribution in [3.8, 4) is 11.1 Å². The molecule has 4 atom stereocenters. The van der Waals surface area contributed by atoms with Gasteiger partial charge < -0.3 is 19.6 Å². The van der Waals surface area contributed by atoms with Crippen LogP contribution in [0.3, 0.4) is 0 Å². The summed E-state index contributed by atoms with van der Waals surface area (Å²) < 4.78 is 2.63. The van der Waals surface area contributed by atoms with Crippen molar-refractivity contribution in [2.24, 2.45) is 0 Å². The highest BCUT2D eigenvalue weighted by molar-refractivity contribution is 7.26. The fourth-order valence-electron chi connectivity index (χ4n) is 17.4. The molecule has 4 nitrogen and oxygen atoms in total. The molecule has 0 radical (unpaired) electrons. The molecular formula is C78H77BN4S. The van der Waals surface area contributed by atoms with Crippen molar-refractivity contribution in [1.29, 1.82) is 0 Å². The van der Waals surface area contributed by atoms with E-state index in [4.69, 9.17) is 0 Å². The molecule has 1 aromatic heterocycles. The molecule has 6 aliphatic rings. The molecule has 2 saturated carbocycles. The third-order valence-corrected chi connectivity index (χ3v) is 23.5. The number of fused-ring (bicyclic) bond motifs is 13. The maximum atomic E-state index is 2.83. The topological polar surface area (TPSA) is 13.0 Å². The maximum Gasteiger partial charge on any atom is 0.252 e. The van der Waals surface area contributed by atoms with Gasteiger partial charge in [0.25, 0.3) is 6.71 Å². The van der Waals surface area contributed by atoms with Crippen LogP contribution in [0.25, 0.3) is 31.3 Å². The number of benzene rings is 9. The molecule has 2 aliphatic carbocycles. The zero-order valence-corrected chi connectivity index (χ0v) is 51.6. The number of hydrogen-bond acceptors (Lipinski definition) is 5. The summed E-state index contributed by atoms with van der Waals surface area (Å²) in [6.07, 6.45) is 9.56. The van der Waals surface area contributed by atoms with Crippen LogP contribution in [0.1, 0.15) is 143 Å². The van der Waals surface area contributed by atoms with Crippen LogP contribution in [0.15, 0.2) is 188 Å². The van der Waals surface area contributed by atoms with Gasteiger partial charge in [-0.1, -0.05) is 202 Å². The Morgan fingerprint density at radius 3 is 1.58 bits per heavy atom. The summed E-state index contributed by atoms with van der Waals surface area (Å²) in [7, 11) is 0. The number of anilines is 10. The van der Waals surface area contributed by atoms with Gasteiger partial charge in [-0.3, -0.25) is 0 Å². The van der Waals surface area contributed by atoms with Gasteiger partial charge in [0.05, 0.1) is 27.2 Å². The lowest BCUT2D eigenvalue weighted by molar-refractivity contribution is 0.195. The number of thiophene rings is 1. The average molecular weight is 1110 g/mol. The molecule has 0 amide bonds. The third kappa shape index (κ3) is 7.07. The van der Waals surface area contributed by atoms with Crippen molar-refractivity contribution >= 4 is 111 Å². The second kappa shape index (κ2) is 18.0. The highest BCUT2D eigenvalue weighted by Crippen LogP contribution is 2.64. The molecule has 6 heteroatoms. The van der Waals surface area contributed by atoms with Crippen molar-refractivity contribution < 1.29 is 0 Å². The SMILES string of the molecule is CC(C)(C)c1ccc2c(c1)B1c3ccc(N4c5ccccc5C5(C)CCCCC45C)cc3N(c3cccc4c3sc3ccccc34)c3cc(N4c5ccccc5C5(C)CCCCC45C)cc(c31)N2c1ccc(C(C)(C)C)cc1-c1ccccc1. The standard InChI is InChI=1S/C78H77BN4S/c1-73(2,3)51-35-39-62(57(45-51)50-25-12-11-13-26-50)80-65-40-36-52(74(4,5)6)46-61(65)79-60-38-37-53(82-63-31-17-15-29-58(63)75(7)41-20-22-43-77(75,82)9)47-67(60)81(66-33-24-28-56-55-27-14-19-34-70(55)84-72(56)66)69-49-54(48-68(80)71(69)79)83-64-32-18-16-30-59(64)76(8)42-21-23-44-78(76,83)10/h11-19,24-40,45-49H,20-23,41-44H2,1-10H3. The molecule has 2 fully saturated rings. The van der Waals surface area contributed by atoms with Crippen LogP contribution < -0.4 is 36.0 Å². The highest BCUT2D eigenvalue weighted by Gasteiger charge is 2.60. The van der Waals surface area contributed by atoms with Crippen molar-refractivity contribution in [1.82, 2.24) is 0 Å². The summed E-state index contributed by atoms with van der Waals surface area (Å²) in [6, 6.07) is 74.2. The predicted octanol–water partition coefficient (Wildman–Crippen LogP) is 19.9. The number of hydrogen-bond donors (Lipinski definition) is 0. The lowest BCUT2D eigenvalue weighted by atomic mass is 9.33. The number of rotatable bonds is 5. The summed E-state index contributed by atoms with van der Waals surface area (Å²) in [6.45, 7) is 24.5. The van der Waals surface area contributed by atoms with Gasteiger partial charge in [0, 0.05) is 77.4 Å². The van der Waals surface area contributed by atoms with E-state index in [-0.39, 0.29) is 39.5 Å². The van der Waals surface area contributed by atoms with Crippen LogP contribution in [0.5, 0.6) is 0 Å². The van der Waals surface area contributed by atoms with Gasteiger partial charge in [-0.25, -0.2) is 0 Å². The van der Waals surface area contributed by atoms with Gasteiger partial charge in [0.2, 0.25) is 0 Å². The van der Waals surface area contributed by atoms with E-state index in [2.05, 4.69) is 277 Å². The molecule has 84 heavy (non-hydrogen) atoms. The van der Waals surface area contributed by atoms with Crippen molar-refractivity contribution in [2.45, 2.75) is 153 Å². The first-order valence-corrected chi connectivity index (χ1v) is 32.2. The summed E-state index contributed by atoms with van der Waals surface area (Å²) >= 11 is 1.94. The first-order valence-electron chi connectivity index (χ1n) is 31.4. The Labute approximate surface area is 502 Å². The quantitative estimate of drug-likeness (QED) is 0.159. The first-order chi connectivity index (χ1) is 40.4. The Kier molecular flexibility index (Phi) is 11.2. The molecule has 16 rings (SSSR count). The van der Waals surface area contributed by atoms with E-state index in [0.29, 0.717) is 0 Å². The van der Waals surface area contributed by atoms with Crippen LogP contribution in [0, 0.1) is 0 Å². The molecule has 4 aliphatic heterocycles. The van der Waals surface area contributed by atoms with E-state index < -0.39 is 0 Å². The predicted molar refractivity (Wildman–Crippen MR) is 362 cm³/mol. The fourth-order valence-corrected chi connectivity index (χ4v) is 18.6. The van der Waals surface area contributed by atoms with Crippen LogP contribution in [-0.2, 0) is 21.7 Å². The molecule has 418 valence electrons. The smallest absolute Gasteiger partial charge is 0.252 e. The van der Waals surface area contributed by atoms with Crippen molar-refractivity contribution in [2.75, 3.05) is 19.6 Å². The third-order valence-electron chi connectivity index (χ3n) is 22.3. The first kappa shape index (κ1) is 52.1. The van der Waals surface area contributed by atoms with Crippen LogP contribution in [-0.4, -0.2) is 17.8 Å². The van der Waals surface area contributed by atoms with Gasteiger partial charge >= 0.3 is 0 Å². The number of para-hydroxylation sites is 2. The second-order valence-corrected chi connectivity index (χ2v) is 29.8. The van der Waals surface area contributed by atoms with E-state index in [1.54, 1.807) is 0 Å². The molecule has 4 unspecified atom stereocenters. The monoisotopic (exact) mass is 1110 g/mol. The van der Waals surface area contributed by atoms with Gasteiger partial charge in [-0.05, 0) is 161 Å². The van der Waals surface area contributed by atoms with Gasteiger partial charge in [-0.2, -0.15) is 0 Å². The van der Waals surface area contributed by atoms with E-state index in [1.807, 2.05) is 11.3 Å². The molecule has 0 bridgehead atoms. The summed E-state index contributed by atoms with van der Waals surface area (Å²) in [5.74, 6) is 0.